The lowest BCUT2D eigenvalue weighted by atomic mass is 9.97. The summed E-state index contributed by atoms with van der Waals surface area (Å²) in [5.74, 6) is -0.811. The van der Waals surface area contributed by atoms with E-state index in [-0.39, 0.29) is 18.4 Å². The summed E-state index contributed by atoms with van der Waals surface area (Å²) in [7, 11) is 0. The number of carbonyl (C=O) groups excluding carboxylic acids is 4. The number of rotatable bonds is 4. The molecule has 25 heavy (non-hydrogen) atoms. The smallest absolute Gasteiger partial charge is 0.262 e. The predicted molar refractivity (Wildman–Crippen MR) is 89.8 cm³/mol. The molecule has 2 aliphatic rings. The third-order valence-corrected chi connectivity index (χ3v) is 4.83. The van der Waals surface area contributed by atoms with Crippen molar-refractivity contribution in [3.05, 3.63) is 35.4 Å². The monoisotopic (exact) mass is 343 g/mol. The molecule has 1 fully saturated rings. The Hall–Kier alpha value is -2.70. The second-order valence-corrected chi connectivity index (χ2v) is 6.50. The third-order valence-electron chi connectivity index (χ3n) is 4.83. The fraction of sp³-hybridized carbons (Fsp3) is 0.444. The number of benzene rings is 1. The number of hydrogen-bond donors (Lipinski definition) is 1. The highest BCUT2D eigenvalue weighted by atomic mass is 16.2. The van der Waals surface area contributed by atoms with Crippen LogP contribution in [-0.4, -0.2) is 59.6 Å². The largest absolute Gasteiger partial charge is 0.354 e. The van der Waals surface area contributed by atoms with Gasteiger partial charge >= 0.3 is 0 Å². The van der Waals surface area contributed by atoms with Crippen molar-refractivity contribution < 1.29 is 19.2 Å². The lowest BCUT2D eigenvalue weighted by molar-refractivity contribution is -0.130. The van der Waals surface area contributed by atoms with Gasteiger partial charge in [0.25, 0.3) is 11.8 Å². The van der Waals surface area contributed by atoms with Crippen molar-refractivity contribution in [3.63, 3.8) is 0 Å². The summed E-state index contributed by atoms with van der Waals surface area (Å²) in [5, 5.41) is 2.80. The van der Waals surface area contributed by atoms with E-state index in [1.54, 1.807) is 36.1 Å². The van der Waals surface area contributed by atoms with Gasteiger partial charge in [0.2, 0.25) is 11.8 Å². The summed E-state index contributed by atoms with van der Waals surface area (Å²) in [4.78, 5) is 50.7. The fourth-order valence-electron chi connectivity index (χ4n) is 3.29. The molecule has 2 aliphatic heterocycles. The van der Waals surface area contributed by atoms with Crippen LogP contribution in [0.5, 0.6) is 0 Å². The first kappa shape index (κ1) is 17.1. The summed E-state index contributed by atoms with van der Waals surface area (Å²) >= 11 is 0. The van der Waals surface area contributed by atoms with Crippen LogP contribution < -0.4 is 5.32 Å². The Kier molecular flexibility index (Phi) is 4.83. The van der Waals surface area contributed by atoms with Crippen LogP contribution in [0, 0.1) is 5.92 Å². The molecule has 3 rings (SSSR count). The van der Waals surface area contributed by atoms with E-state index in [0.29, 0.717) is 36.7 Å². The van der Waals surface area contributed by atoms with Crippen molar-refractivity contribution in [3.8, 4) is 0 Å². The standard InChI is InChI=1S/C18H21N3O4/c1-12(22)20-8-6-13(7-9-20)10-19-16(23)11-21-17(24)14-4-2-3-5-15(14)18(21)25/h2-5,13H,6-11H2,1H3,(H,19,23). The van der Waals surface area contributed by atoms with E-state index in [1.165, 1.54) is 0 Å². The first-order valence-corrected chi connectivity index (χ1v) is 8.45. The van der Waals surface area contributed by atoms with Crippen molar-refractivity contribution in [1.82, 2.24) is 15.1 Å². The molecular weight excluding hydrogens is 322 g/mol. The molecule has 0 aromatic heterocycles. The minimum atomic E-state index is -0.425. The lowest BCUT2D eigenvalue weighted by Gasteiger charge is -2.31. The molecule has 7 heteroatoms. The van der Waals surface area contributed by atoms with Crippen molar-refractivity contribution in [2.24, 2.45) is 5.92 Å². The number of carbonyl (C=O) groups is 4. The summed E-state index contributed by atoms with van der Waals surface area (Å²) in [6.07, 6.45) is 1.68. The topological polar surface area (TPSA) is 86.8 Å². The van der Waals surface area contributed by atoms with Gasteiger partial charge < -0.3 is 10.2 Å². The Morgan fingerprint density at radius 1 is 1.08 bits per heavy atom. The van der Waals surface area contributed by atoms with Crippen LogP contribution >= 0.6 is 0 Å². The molecule has 0 saturated carbocycles. The molecule has 0 aliphatic carbocycles. The van der Waals surface area contributed by atoms with Crippen LogP contribution in [0.2, 0.25) is 0 Å². The minimum Gasteiger partial charge on any atom is -0.354 e. The number of imide groups is 1. The Balaban J connectivity index is 1.49. The lowest BCUT2D eigenvalue weighted by Crippen LogP contribution is -2.44. The van der Waals surface area contributed by atoms with Crippen molar-refractivity contribution >= 4 is 23.6 Å². The van der Waals surface area contributed by atoms with Gasteiger partial charge in [-0.25, -0.2) is 0 Å². The fourth-order valence-corrected chi connectivity index (χ4v) is 3.29. The molecule has 132 valence electrons. The average Bonchev–Trinajstić information content (AvgIpc) is 2.86. The first-order valence-electron chi connectivity index (χ1n) is 8.45. The Morgan fingerprint density at radius 2 is 1.64 bits per heavy atom. The Bertz CT molecular complexity index is 688. The maximum atomic E-state index is 12.2. The summed E-state index contributed by atoms with van der Waals surface area (Å²) in [6, 6.07) is 6.58. The Morgan fingerprint density at radius 3 is 2.16 bits per heavy atom. The van der Waals surface area contributed by atoms with Gasteiger partial charge in [-0.2, -0.15) is 0 Å². The number of hydrogen-bond acceptors (Lipinski definition) is 4. The van der Waals surface area contributed by atoms with Gasteiger partial charge in [0.15, 0.2) is 0 Å². The molecule has 0 unspecified atom stereocenters. The number of likely N-dealkylation sites (tertiary alicyclic amines) is 1. The quantitative estimate of drug-likeness (QED) is 0.814. The van der Waals surface area contributed by atoms with Crippen LogP contribution in [0.1, 0.15) is 40.5 Å². The molecular formula is C18H21N3O4. The van der Waals surface area contributed by atoms with Crippen LogP contribution in [0.15, 0.2) is 24.3 Å². The molecule has 0 atom stereocenters. The molecule has 0 spiro atoms. The van der Waals surface area contributed by atoms with Crippen LogP contribution in [-0.2, 0) is 9.59 Å². The zero-order valence-corrected chi connectivity index (χ0v) is 14.2. The van der Waals surface area contributed by atoms with Crippen molar-refractivity contribution in [1.29, 1.82) is 0 Å². The number of fused-ring (bicyclic) bond motifs is 1. The predicted octanol–water partition coefficient (Wildman–Crippen LogP) is 0.657. The van der Waals surface area contributed by atoms with Gasteiger partial charge in [-0.1, -0.05) is 12.1 Å². The number of nitrogens with one attached hydrogen (secondary N) is 1. The van der Waals surface area contributed by atoms with Crippen molar-refractivity contribution in [2.45, 2.75) is 19.8 Å². The maximum absolute atomic E-state index is 12.2. The van der Waals surface area contributed by atoms with E-state index in [0.717, 1.165) is 17.7 Å². The minimum absolute atomic E-state index is 0.0770. The third kappa shape index (κ3) is 3.55. The molecule has 1 saturated heterocycles. The number of nitrogens with zero attached hydrogens (tertiary/aromatic N) is 2. The van der Waals surface area contributed by atoms with E-state index in [4.69, 9.17) is 0 Å². The highest BCUT2D eigenvalue weighted by Crippen LogP contribution is 2.22. The number of amides is 4. The van der Waals surface area contributed by atoms with Gasteiger partial charge in [0.05, 0.1) is 11.1 Å². The van der Waals surface area contributed by atoms with Gasteiger partial charge in [0.1, 0.15) is 6.54 Å². The summed E-state index contributed by atoms with van der Waals surface area (Å²) < 4.78 is 0. The zero-order chi connectivity index (χ0) is 18.0. The van der Waals surface area contributed by atoms with Gasteiger partial charge in [-0.05, 0) is 30.9 Å². The van der Waals surface area contributed by atoms with Gasteiger partial charge in [-0.15, -0.1) is 0 Å². The summed E-state index contributed by atoms with van der Waals surface area (Å²) in [6.45, 7) is 3.19. The van der Waals surface area contributed by atoms with E-state index < -0.39 is 11.8 Å². The average molecular weight is 343 g/mol. The molecule has 0 bridgehead atoms. The van der Waals surface area contributed by atoms with Crippen LogP contribution in [0.25, 0.3) is 0 Å². The van der Waals surface area contributed by atoms with E-state index >= 15 is 0 Å². The second kappa shape index (κ2) is 7.04. The summed E-state index contributed by atoms with van der Waals surface area (Å²) in [5.41, 5.74) is 0.689. The van der Waals surface area contributed by atoms with E-state index in [9.17, 15) is 19.2 Å². The van der Waals surface area contributed by atoms with E-state index in [2.05, 4.69) is 5.32 Å². The maximum Gasteiger partial charge on any atom is 0.262 e. The van der Waals surface area contributed by atoms with Gasteiger partial charge in [0, 0.05) is 26.6 Å². The van der Waals surface area contributed by atoms with Crippen molar-refractivity contribution in [2.75, 3.05) is 26.2 Å². The highest BCUT2D eigenvalue weighted by molar-refractivity contribution is 6.22. The molecule has 1 N–H and O–H groups in total. The first-order chi connectivity index (χ1) is 12.0. The molecule has 7 nitrogen and oxygen atoms in total. The SMILES string of the molecule is CC(=O)N1CCC(CNC(=O)CN2C(=O)c3ccccc3C2=O)CC1. The van der Waals surface area contributed by atoms with Crippen LogP contribution in [0.3, 0.4) is 0 Å². The number of piperidine rings is 1. The second-order valence-electron chi connectivity index (χ2n) is 6.50. The van der Waals surface area contributed by atoms with E-state index in [1.807, 2.05) is 0 Å². The van der Waals surface area contributed by atoms with Crippen LogP contribution in [0.4, 0.5) is 0 Å². The van der Waals surface area contributed by atoms with Gasteiger partial charge in [-0.3, -0.25) is 24.1 Å². The zero-order valence-electron chi connectivity index (χ0n) is 14.2. The molecule has 4 amide bonds. The highest BCUT2D eigenvalue weighted by Gasteiger charge is 2.36. The Labute approximate surface area is 146 Å². The molecule has 1 aromatic carbocycles. The molecule has 2 heterocycles. The molecule has 0 radical (unpaired) electrons. The normalized spacial score (nSPS) is 17.6. The molecule has 1 aromatic rings.